The highest BCUT2D eigenvalue weighted by Crippen LogP contribution is 2.46. The average Bonchev–Trinajstić information content (AvgIpc) is 3.60. The highest BCUT2D eigenvalue weighted by molar-refractivity contribution is 6.03. The maximum Gasteiger partial charge on any atom is 0.233 e. The van der Waals surface area contributed by atoms with Gasteiger partial charge in [0.25, 0.3) is 0 Å². The zero-order chi connectivity index (χ0) is 32.8. The summed E-state index contributed by atoms with van der Waals surface area (Å²) >= 11 is 0. The van der Waals surface area contributed by atoms with Gasteiger partial charge in [-0.2, -0.15) is 5.10 Å². The van der Waals surface area contributed by atoms with E-state index in [2.05, 4.69) is 15.2 Å². The molecule has 11 nitrogen and oxygen atoms in total. The lowest BCUT2D eigenvalue weighted by atomic mass is 9.78. The number of halogens is 1. The average molecular weight is 635 g/mol. The number of aliphatic hydroxyl groups excluding tert-OH is 5. The van der Waals surface area contributed by atoms with Crippen molar-refractivity contribution in [3.63, 3.8) is 0 Å². The third-order valence-electron chi connectivity index (χ3n) is 8.78. The lowest BCUT2D eigenvalue weighted by Gasteiger charge is -2.48. The Balaban J connectivity index is 1.32. The molecule has 4 unspecified atom stereocenters. The van der Waals surface area contributed by atoms with Gasteiger partial charge in [0.15, 0.2) is 0 Å². The Morgan fingerprint density at radius 2 is 1.54 bits per heavy atom. The van der Waals surface area contributed by atoms with Gasteiger partial charge in [-0.05, 0) is 65.8 Å². The Morgan fingerprint density at radius 3 is 2.15 bits per heavy atom. The van der Waals surface area contributed by atoms with Gasteiger partial charge in [0.2, 0.25) is 5.91 Å². The van der Waals surface area contributed by atoms with Gasteiger partial charge in [-0.15, -0.1) is 0 Å². The van der Waals surface area contributed by atoms with Crippen LogP contribution in [0.4, 0.5) is 10.1 Å². The monoisotopic (exact) mass is 634 g/mol. The van der Waals surface area contributed by atoms with E-state index in [0.29, 0.717) is 30.4 Å². The number of H-pyrrole nitrogens is 1. The van der Waals surface area contributed by atoms with Crippen LogP contribution >= 0.6 is 0 Å². The summed E-state index contributed by atoms with van der Waals surface area (Å²) in [5.74, 6) is -0.118. The van der Waals surface area contributed by atoms with Crippen LogP contribution in [0.5, 0.6) is 0 Å². The molecule has 5 rings (SSSR count). The molecule has 7 N–H and O–H groups in total. The van der Waals surface area contributed by atoms with Gasteiger partial charge in [-0.3, -0.25) is 9.89 Å². The van der Waals surface area contributed by atoms with Gasteiger partial charge in [-0.25, -0.2) is 9.37 Å². The first kappa shape index (κ1) is 33.3. The molecule has 1 amide bonds. The highest BCUT2D eigenvalue weighted by atomic mass is 19.1. The molecule has 0 spiro atoms. The summed E-state index contributed by atoms with van der Waals surface area (Å²) in [6.07, 6.45) is -0.562. The standard InChI is InChI=1S/C34H39FN4O7/c35-25-10-8-23(9-11-25)28(42)15-14-27-31(24-6-1-22(2-7-24)17-29(43)32(44)34(46,18-40)19-41)39(33(27)45)26-12-3-21(4-13-26)5-16-30-36-20-37-38-30/h1-4,6-13,20,27-29,31-32,40-44,46H,5,14-19H2,(H,36,37,38)/t27?,28?,29?,31-,32?/m1/s1. The second-order valence-electron chi connectivity index (χ2n) is 11.9. The smallest absolute Gasteiger partial charge is 0.233 e. The van der Waals surface area contributed by atoms with E-state index in [1.165, 1.54) is 30.6 Å². The van der Waals surface area contributed by atoms with Crippen LogP contribution in [0.3, 0.4) is 0 Å². The van der Waals surface area contributed by atoms with E-state index in [1.807, 2.05) is 36.4 Å². The first-order valence-corrected chi connectivity index (χ1v) is 15.2. The van der Waals surface area contributed by atoms with Gasteiger partial charge >= 0.3 is 0 Å². The quantitative estimate of drug-likeness (QED) is 0.0961. The number of aryl methyl sites for hydroxylation is 2. The van der Waals surface area contributed by atoms with Crippen LogP contribution < -0.4 is 4.90 Å². The maximum absolute atomic E-state index is 13.6. The molecule has 1 aromatic heterocycles. The van der Waals surface area contributed by atoms with Crippen molar-refractivity contribution in [2.24, 2.45) is 5.92 Å². The highest BCUT2D eigenvalue weighted by Gasteiger charge is 2.48. The normalized spacial score (nSPS) is 18.7. The predicted octanol–water partition coefficient (Wildman–Crippen LogP) is 1.93. The number of aromatic amines is 1. The number of benzene rings is 3. The van der Waals surface area contributed by atoms with Crippen LogP contribution in [-0.4, -0.2) is 82.8 Å². The molecule has 2 heterocycles. The Hall–Kier alpha value is -4.04. The lowest BCUT2D eigenvalue weighted by molar-refractivity contribution is -0.164. The molecule has 5 atom stereocenters. The number of hydrogen-bond donors (Lipinski definition) is 7. The number of carbonyl (C=O) groups is 1. The molecule has 0 saturated carbocycles. The minimum Gasteiger partial charge on any atom is -0.393 e. The summed E-state index contributed by atoms with van der Waals surface area (Å²) in [6.45, 7) is -1.85. The van der Waals surface area contributed by atoms with E-state index in [-0.39, 0.29) is 18.4 Å². The zero-order valence-electron chi connectivity index (χ0n) is 25.2. The molecule has 1 aliphatic heterocycles. The van der Waals surface area contributed by atoms with Gasteiger partial charge in [-0.1, -0.05) is 48.5 Å². The van der Waals surface area contributed by atoms with Crippen molar-refractivity contribution in [2.75, 3.05) is 18.1 Å². The van der Waals surface area contributed by atoms with Crippen molar-refractivity contribution in [1.29, 1.82) is 0 Å². The maximum atomic E-state index is 13.6. The number of rotatable bonds is 15. The Bertz CT molecular complexity index is 1550. The number of nitrogens with one attached hydrogen (secondary N) is 1. The van der Waals surface area contributed by atoms with E-state index >= 15 is 0 Å². The summed E-state index contributed by atoms with van der Waals surface area (Å²) in [5.41, 5.74) is 1.58. The number of nitrogens with zero attached hydrogens (tertiary/aromatic N) is 3. The summed E-state index contributed by atoms with van der Waals surface area (Å²) in [5, 5.41) is 67.1. The first-order valence-electron chi connectivity index (χ1n) is 15.2. The van der Waals surface area contributed by atoms with Crippen LogP contribution in [0, 0.1) is 11.7 Å². The van der Waals surface area contributed by atoms with E-state index in [1.54, 1.807) is 17.0 Å². The van der Waals surface area contributed by atoms with Crippen molar-refractivity contribution in [1.82, 2.24) is 15.2 Å². The number of anilines is 1. The number of carbonyl (C=O) groups excluding carboxylic acids is 1. The summed E-state index contributed by atoms with van der Waals surface area (Å²) in [4.78, 5) is 19.5. The minimum absolute atomic E-state index is 0.0557. The number of aliphatic hydroxyl groups is 6. The van der Waals surface area contributed by atoms with Crippen molar-refractivity contribution < 1.29 is 39.8 Å². The van der Waals surface area contributed by atoms with Crippen molar-refractivity contribution in [2.45, 2.75) is 62.1 Å². The Labute approximate surface area is 265 Å². The van der Waals surface area contributed by atoms with Crippen LogP contribution in [0.2, 0.25) is 0 Å². The third kappa shape index (κ3) is 7.33. The number of β-lactam (4-membered cyclic amide) rings is 1. The first-order chi connectivity index (χ1) is 22.1. The molecule has 46 heavy (non-hydrogen) atoms. The topological polar surface area (TPSA) is 183 Å². The molecule has 3 aromatic carbocycles. The SMILES string of the molecule is O=C1C(CCC(O)c2ccc(F)cc2)[C@@H](c2ccc(CC(O)C(O)C(O)(CO)CO)cc2)N1c1ccc(CCc2ncn[nH]2)cc1. The Morgan fingerprint density at radius 1 is 0.891 bits per heavy atom. The molecule has 12 heteroatoms. The van der Waals surface area contributed by atoms with E-state index in [4.69, 9.17) is 0 Å². The molecule has 0 bridgehead atoms. The van der Waals surface area contributed by atoms with Gasteiger partial charge < -0.3 is 35.5 Å². The fourth-order valence-electron chi connectivity index (χ4n) is 5.92. The largest absolute Gasteiger partial charge is 0.393 e. The molecular formula is C34H39FN4O7. The van der Waals surface area contributed by atoms with Crippen LogP contribution in [0.25, 0.3) is 0 Å². The van der Waals surface area contributed by atoms with Crippen molar-refractivity contribution in [3.05, 3.63) is 113 Å². The van der Waals surface area contributed by atoms with Gasteiger partial charge in [0.05, 0.1) is 37.4 Å². The molecule has 0 aliphatic carbocycles. The van der Waals surface area contributed by atoms with E-state index < -0.39 is 48.9 Å². The van der Waals surface area contributed by atoms with Crippen LogP contribution in [-0.2, 0) is 24.1 Å². The summed E-state index contributed by atoms with van der Waals surface area (Å²) < 4.78 is 13.4. The number of aromatic nitrogens is 3. The minimum atomic E-state index is -2.25. The van der Waals surface area contributed by atoms with E-state index in [9.17, 15) is 39.8 Å². The predicted molar refractivity (Wildman–Crippen MR) is 166 cm³/mol. The third-order valence-corrected chi connectivity index (χ3v) is 8.78. The molecule has 1 fully saturated rings. The second-order valence-corrected chi connectivity index (χ2v) is 11.9. The van der Waals surface area contributed by atoms with Gasteiger partial charge in [0, 0.05) is 18.5 Å². The molecular weight excluding hydrogens is 595 g/mol. The fraction of sp³-hybridized carbons (Fsp3) is 0.382. The lowest BCUT2D eigenvalue weighted by Crippen LogP contribution is -2.55. The Kier molecular flexibility index (Phi) is 10.6. The second kappa shape index (κ2) is 14.6. The molecule has 4 aromatic rings. The fourth-order valence-corrected chi connectivity index (χ4v) is 5.92. The number of hydrogen-bond acceptors (Lipinski definition) is 9. The molecule has 0 radical (unpaired) electrons. The zero-order valence-corrected chi connectivity index (χ0v) is 25.2. The van der Waals surface area contributed by atoms with Crippen LogP contribution in [0.1, 0.15) is 53.1 Å². The summed E-state index contributed by atoms with van der Waals surface area (Å²) in [7, 11) is 0. The van der Waals surface area contributed by atoms with Gasteiger partial charge in [0.1, 0.15) is 29.7 Å². The summed E-state index contributed by atoms with van der Waals surface area (Å²) in [6, 6.07) is 20.2. The molecule has 1 aliphatic rings. The van der Waals surface area contributed by atoms with Crippen LogP contribution in [0.15, 0.2) is 79.1 Å². The molecule has 1 saturated heterocycles. The van der Waals surface area contributed by atoms with Crippen molar-refractivity contribution >= 4 is 11.6 Å². The van der Waals surface area contributed by atoms with Crippen molar-refractivity contribution in [3.8, 4) is 0 Å². The molecule has 244 valence electrons. The number of amides is 1. The van der Waals surface area contributed by atoms with E-state index in [0.717, 1.165) is 29.1 Å².